The number of nitrogens with zero attached hydrogens (tertiary/aromatic N) is 2. The Morgan fingerprint density at radius 1 is 1.14 bits per heavy atom. The zero-order chi connectivity index (χ0) is 13.5. The van der Waals surface area contributed by atoms with Crippen molar-refractivity contribution in [3.63, 3.8) is 0 Å². The van der Waals surface area contributed by atoms with Crippen molar-refractivity contribution in [2.24, 2.45) is 4.99 Å². The molecule has 0 spiro atoms. The van der Waals surface area contributed by atoms with Gasteiger partial charge in [-0.05, 0) is 22.8 Å². The van der Waals surface area contributed by atoms with Crippen LogP contribution in [0.1, 0.15) is 17.9 Å². The van der Waals surface area contributed by atoms with Crippen LogP contribution in [0.15, 0.2) is 47.5 Å². The van der Waals surface area contributed by atoms with E-state index in [-0.39, 0.29) is 24.0 Å². The lowest BCUT2D eigenvalue weighted by molar-refractivity contribution is 0.532. The number of hydrogen-bond acceptors (Lipinski definition) is 3. The third-order valence-corrected chi connectivity index (χ3v) is 4.37. The fourth-order valence-corrected chi connectivity index (χ4v) is 3.02. The number of guanidine groups is 1. The molecule has 1 fully saturated rings. The molecule has 1 aliphatic carbocycles. The number of likely N-dealkylation sites (N-methyl/N-ethyl adjacent to an activating group) is 1. The van der Waals surface area contributed by atoms with Gasteiger partial charge in [0.15, 0.2) is 5.96 Å². The van der Waals surface area contributed by atoms with E-state index in [1.54, 1.807) is 0 Å². The predicted molar refractivity (Wildman–Crippen MR) is 98.6 cm³/mol. The highest BCUT2D eigenvalue weighted by Gasteiger charge is 2.39. The summed E-state index contributed by atoms with van der Waals surface area (Å²) in [5.74, 6) is 1.70. The number of fused-ring (bicyclic) bond motifs is 1. The topological polar surface area (TPSA) is 27.6 Å². The molecule has 2 atom stereocenters. The summed E-state index contributed by atoms with van der Waals surface area (Å²) in [4.78, 5) is 6.71. The molecule has 0 radical (unpaired) electrons. The molecule has 2 aromatic rings. The van der Waals surface area contributed by atoms with Gasteiger partial charge < -0.3 is 10.2 Å². The van der Waals surface area contributed by atoms with Gasteiger partial charge >= 0.3 is 0 Å². The Bertz CT molecular complexity index is 683. The van der Waals surface area contributed by atoms with E-state index in [4.69, 9.17) is 0 Å². The highest BCUT2D eigenvalue weighted by atomic mass is 127. The molecule has 0 unspecified atom stereocenters. The van der Waals surface area contributed by atoms with E-state index in [0.717, 1.165) is 19.0 Å². The Morgan fingerprint density at radius 3 is 2.71 bits per heavy atom. The minimum atomic E-state index is 0. The summed E-state index contributed by atoms with van der Waals surface area (Å²) in [6.45, 7) is 1.96. The lowest BCUT2D eigenvalue weighted by Gasteiger charge is -2.15. The maximum absolute atomic E-state index is 4.51. The molecule has 2 aliphatic rings. The van der Waals surface area contributed by atoms with E-state index in [1.807, 2.05) is 0 Å². The fourth-order valence-electron chi connectivity index (χ4n) is 3.02. The molecule has 1 heterocycles. The second-order valence-electron chi connectivity index (χ2n) is 5.83. The Morgan fingerprint density at radius 2 is 1.95 bits per heavy atom. The minimum Gasteiger partial charge on any atom is -0.353 e. The normalized spacial score (nSPS) is 23.7. The van der Waals surface area contributed by atoms with Gasteiger partial charge in [-0.15, -0.1) is 24.0 Å². The van der Waals surface area contributed by atoms with Gasteiger partial charge in [0.2, 0.25) is 0 Å². The van der Waals surface area contributed by atoms with Crippen LogP contribution in [0, 0.1) is 0 Å². The molecule has 0 amide bonds. The highest BCUT2D eigenvalue weighted by molar-refractivity contribution is 14.0. The molecule has 21 heavy (non-hydrogen) atoms. The molecule has 4 rings (SSSR count). The van der Waals surface area contributed by atoms with Crippen LogP contribution in [0.4, 0.5) is 0 Å². The maximum Gasteiger partial charge on any atom is 0.194 e. The molecular weight excluding hydrogens is 373 g/mol. The first-order chi connectivity index (χ1) is 9.81. The van der Waals surface area contributed by atoms with Crippen LogP contribution in [-0.2, 0) is 0 Å². The number of hydrogen-bond donors (Lipinski definition) is 1. The standard InChI is InChI=1S/C17H19N3.HI/c1-20-9-8-18-17(20)19-16-11-15(16)14-7-6-12-4-2-3-5-13(12)10-14;/h2-7,10,15-16H,8-9,11H2,1H3,(H,18,19);1H/t15-,16+;/m0./s1. The first-order valence-electron chi connectivity index (χ1n) is 7.32. The molecule has 1 aliphatic heterocycles. The first kappa shape index (κ1) is 14.6. The van der Waals surface area contributed by atoms with Gasteiger partial charge in [-0.1, -0.05) is 42.5 Å². The van der Waals surface area contributed by atoms with E-state index < -0.39 is 0 Å². The highest BCUT2D eigenvalue weighted by Crippen LogP contribution is 2.41. The van der Waals surface area contributed by atoms with Crippen molar-refractivity contribution >= 4 is 40.7 Å². The number of benzene rings is 2. The molecule has 0 aromatic heterocycles. The summed E-state index contributed by atoms with van der Waals surface area (Å²) in [6, 6.07) is 16.0. The summed E-state index contributed by atoms with van der Waals surface area (Å²) >= 11 is 0. The SMILES string of the molecule is CN1CCN=C1N[C@@H]1C[C@H]1c1ccc2ccccc2c1.I. The van der Waals surface area contributed by atoms with E-state index in [2.05, 4.69) is 64.7 Å². The van der Waals surface area contributed by atoms with E-state index in [9.17, 15) is 0 Å². The lowest BCUT2D eigenvalue weighted by atomic mass is 10.0. The molecule has 0 saturated heterocycles. The number of nitrogens with one attached hydrogen (secondary N) is 1. The summed E-state index contributed by atoms with van der Waals surface area (Å²) in [6.07, 6.45) is 1.21. The van der Waals surface area contributed by atoms with Crippen molar-refractivity contribution in [3.8, 4) is 0 Å². The monoisotopic (exact) mass is 393 g/mol. The summed E-state index contributed by atoms with van der Waals surface area (Å²) in [5.41, 5.74) is 1.45. The van der Waals surface area contributed by atoms with Crippen LogP contribution in [0.2, 0.25) is 0 Å². The average Bonchev–Trinajstić information content (AvgIpc) is 3.13. The van der Waals surface area contributed by atoms with Crippen LogP contribution >= 0.6 is 24.0 Å². The number of aliphatic imine (C=N–C) groups is 1. The molecule has 4 heteroatoms. The molecule has 3 nitrogen and oxygen atoms in total. The van der Waals surface area contributed by atoms with Crippen molar-refractivity contribution in [2.45, 2.75) is 18.4 Å². The molecule has 1 N–H and O–H groups in total. The molecule has 2 aromatic carbocycles. The summed E-state index contributed by atoms with van der Waals surface area (Å²) < 4.78 is 0. The minimum absolute atomic E-state index is 0. The van der Waals surface area contributed by atoms with Crippen molar-refractivity contribution in [3.05, 3.63) is 48.0 Å². The smallest absolute Gasteiger partial charge is 0.194 e. The van der Waals surface area contributed by atoms with Gasteiger partial charge in [-0.25, -0.2) is 0 Å². The van der Waals surface area contributed by atoms with Gasteiger partial charge in [-0.3, -0.25) is 4.99 Å². The van der Waals surface area contributed by atoms with Crippen LogP contribution < -0.4 is 5.32 Å². The Kier molecular flexibility index (Phi) is 4.06. The summed E-state index contributed by atoms with van der Waals surface area (Å²) in [7, 11) is 2.10. The van der Waals surface area contributed by atoms with Gasteiger partial charge in [0.1, 0.15) is 0 Å². The lowest BCUT2D eigenvalue weighted by Crippen LogP contribution is -2.37. The molecule has 1 saturated carbocycles. The second kappa shape index (κ2) is 5.83. The van der Waals surface area contributed by atoms with Crippen LogP contribution in [0.5, 0.6) is 0 Å². The molecule has 0 bridgehead atoms. The average molecular weight is 393 g/mol. The van der Waals surface area contributed by atoms with Gasteiger partial charge in [0, 0.05) is 25.6 Å². The summed E-state index contributed by atoms with van der Waals surface area (Å²) in [5, 5.41) is 6.23. The first-order valence-corrected chi connectivity index (χ1v) is 7.32. The van der Waals surface area contributed by atoms with Crippen LogP contribution in [0.3, 0.4) is 0 Å². The molecule has 110 valence electrons. The van der Waals surface area contributed by atoms with Gasteiger partial charge in [0.05, 0.1) is 6.54 Å². The van der Waals surface area contributed by atoms with E-state index >= 15 is 0 Å². The number of halogens is 1. The van der Waals surface area contributed by atoms with Crippen LogP contribution in [-0.4, -0.2) is 37.0 Å². The predicted octanol–water partition coefficient (Wildman–Crippen LogP) is 3.20. The number of rotatable bonds is 2. The fraction of sp³-hybridized carbons (Fsp3) is 0.353. The van der Waals surface area contributed by atoms with Crippen molar-refractivity contribution < 1.29 is 0 Å². The zero-order valence-electron chi connectivity index (χ0n) is 12.1. The largest absolute Gasteiger partial charge is 0.353 e. The Labute approximate surface area is 142 Å². The molecular formula is C17H20IN3. The Balaban J connectivity index is 0.00000132. The van der Waals surface area contributed by atoms with Gasteiger partial charge in [0.25, 0.3) is 0 Å². The van der Waals surface area contributed by atoms with Crippen LogP contribution in [0.25, 0.3) is 10.8 Å². The van der Waals surface area contributed by atoms with E-state index in [1.165, 1.54) is 22.8 Å². The van der Waals surface area contributed by atoms with Crippen molar-refractivity contribution in [2.75, 3.05) is 20.1 Å². The third-order valence-electron chi connectivity index (χ3n) is 4.37. The van der Waals surface area contributed by atoms with E-state index in [0.29, 0.717) is 12.0 Å². The zero-order valence-corrected chi connectivity index (χ0v) is 14.5. The second-order valence-corrected chi connectivity index (χ2v) is 5.83. The third kappa shape index (κ3) is 2.86. The van der Waals surface area contributed by atoms with Gasteiger partial charge in [-0.2, -0.15) is 0 Å². The quantitative estimate of drug-likeness (QED) is 0.794. The van der Waals surface area contributed by atoms with Crippen molar-refractivity contribution in [1.82, 2.24) is 10.2 Å². The Hall–Kier alpha value is -1.30. The maximum atomic E-state index is 4.51. The van der Waals surface area contributed by atoms with Crippen molar-refractivity contribution in [1.29, 1.82) is 0 Å².